The molecule has 1 saturated carbocycles. The Hall–Kier alpha value is -3.14. The molecule has 1 fully saturated rings. The first-order valence-electron chi connectivity index (χ1n) is 9.06. The number of imidazole rings is 2. The van der Waals surface area contributed by atoms with E-state index >= 15 is 0 Å². The van der Waals surface area contributed by atoms with Crippen molar-refractivity contribution < 1.29 is 0 Å². The molecule has 0 aliphatic heterocycles. The summed E-state index contributed by atoms with van der Waals surface area (Å²) in [6, 6.07) is 4.75. The molecule has 0 amide bonds. The fourth-order valence-corrected chi connectivity index (χ4v) is 4.24. The maximum Gasteiger partial charge on any atom is 0.177 e. The second kappa shape index (κ2) is 5.99. The number of rotatable bonds is 3. The number of hydrogen-bond acceptors (Lipinski definition) is 4. The summed E-state index contributed by atoms with van der Waals surface area (Å²) in [5, 5.41) is 10.1. The standard InChI is InChI=1S/C19H19N7/c20-7-5-12-1-3-13(4-2-12)26-16-14-6-8-21-17(14)24-11-15(16)25-19(26)18-22-9-10-23-18/h6,8-13H,1-5H2,(H,21,24)(H,22,23). The first-order valence-corrected chi connectivity index (χ1v) is 9.06. The van der Waals surface area contributed by atoms with E-state index in [1.165, 1.54) is 0 Å². The van der Waals surface area contributed by atoms with Crippen molar-refractivity contribution in [2.45, 2.75) is 38.1 Å². The molecule has 1 aliphatic rings. The van der Waals surface area contributed by atoms with Crippen molar-refractivity contribution in [3.8, 4) is 17.7 Å². The highest BCUT2D eigenvalue weighted by molar-refractivity contribution is 6.02. The minimum Gasteiger partial charge on any atom is -0.346 e. The smallest absolute Gasteiger partial charge is 0.177 e. The van der Waals surface area contributed by atoms with E-state index in [4.69, 9.17) is 10.2 Å². The number of H-pyrrole nitrogens is 2. The molecule has 0 saturated heterocycles. The zero-order valence-electron chi connectivity index (χ0n) is 14.3. The molecule has 4 heterocycles. The minimum atomic E-state index is 0.357. The molecule has 4 aromatic rings. The second-order valence-corrected chi connectivity index (χ2v) is 7.01. The molecule has 0 spiro atoms. The zero-order chi connectivity index (χ0) is 17.5. The van der Waals surface area contributed by atoms with E-state index in [-0.39, 0.29) is 0 Å². The Bertz CT molecular complexity index is 1090. The highest BCUT2D eigenvalue weighted by Gasteiger charge is 2.27. The van der Waals surface area contributed by atoms with Gasteiger partial charge in [0.2, 0.25) is 0 Å². The average molecular weight is 345 g/mol. The molecule has 0 unspecified atom stereocenters. The third-order valence-corrected chi connectivity index (χ3v) is 5.51. The third-order valence-electron chi connectivity index (χ3n) is 5.51. The highest BCUT2D eigenvalue weighted by atomic mass is 15.2. The van der Waals surface area contributed by atoms with Crippen LogP contribution in [0.25, 0.3) is 33.7 Å². The van der Waals surface area contributed by atoms with Gasteiger partial charge in [0.15, 0.2) is 11.6 Å². The number of aromatic amines is 2. The van der Waals surface area contributed by atoms with Crippen molar-refractivity contribution in [3.05, 3.63) is 30.9 Å². The summed E-state index contributed by atoms with van der Waals surface area (Å²) in [5.41, 5.74) is 2.89. The summed E-state index contributed by atoms with van der Waals surface area (Å²) in [6.45, 7) is 0. The summed E-state index contributed by atoms with van der Waals surface area (Å²) in [6.07, 6.45) is 12.3. The predicted octanol–water partition coefficient (Wildman–Crippen LogP) is 3.95. The Morgan fingerprint density at radius 1 is 1.15 bits per heavy atom. The van der Waals surface area contributed by atoms with Gasteiger partial charge in [-0.3, -0.25) is 0 Å². The summed E-state index contributed by atoms with van der Waals surface area (Å²) in [4.78, 5) is 20.2. The number of nitriles is 1. The zero-order valence-corrected chi connectivity index (χ0v) is 14.3. The van der Waals surface area contributed by atoms with Crippen LogP contribution in [-0.2, 0) is 0 Å². The van der Waals surface area contributed by atoms with Gasteiger partial charge in [-0.25, -0.2) is 15.0 Å². The Kier molecular flexibility index (Phi) is 3.49. The summed E-state index contributed by atoms with van der Waals surface area (Å²) in [5.74, 6) is 2.17. The van der Waals surface area contributed by atoms with Crippen LogP contribution in [0.15, 0.2) is 30.9 Å². The van der Waals surface area contributed by atoms with Gasteiger partial charge in [-0.2, -0.15) is 5.26 Å². The second-order valence-electron chi connectivity index (χ2n) is 7.01. The van der Waals surface area contributed by atoms with Gasteiger partial charge >= 0.3 is 0 Å². The molecule has 4 aromatic heterocycles. The lowest BCUT2D eigenvalue weighted by Gasteiger charge is -2.29. The molecule has 0 bridgehead atoms. The molecule has 7 heteroatoms. The highest BCUT2D eigenvalue weighted by Crippen LogP contribution is 2.39. The fourth-order valence-electron chi connectivity index (χ4n) is 4.24. The van der Waals surface area contributed by atoms with Gasteiger partial charge in [0, 0.05) is 36.4 Å². The van der Waals surface area contributed by atoms with Gasteiger partial charge in [0.05, 0.1) is 17.8 Å². The van der Waals surface area contributed by atoms with Gasteiger partial charge in [-0.15, -0.1) is 0 Å². The number of nitrogens with zero attached hydrogens (tertiary/aromatic N) is 5. The minimum absolute atomic E-state index is 0.357. The lowest BCUT2D eigenvalue weighted by molar-refractivity contribution is 0.283. The third kappa shape index (κ3) is 2.30. The van der Waals surface area contributed by atoms with E-state index in [9.17, 15) is 0 Å². The van der Waals surface area contributed by atoms with Crippen molar-refractivity contribution >= 4 is 22.1 Å². The monoisotopic (exact) mass is 345 g/mol. The normalized spacial score (nSPS) is 20.6. The number of nitrogens with one attached hydrogen (secondary N) is 2. The maximum absolute atomic E-state index is 8.99. The van der Waals surface area contributed by atoms with Gasteiger partial charge in [0.25, 0.3) is 0 Å². The van der Waals surface area contributed by atoms with Crippen LogP contribution < -0.4 is 0 Å². The predicted molar refractivity (Wildman–Crippen MR) is 98.2 cm³/mol. The molecule has 26 heavy (non-hydrogen) atoms. The van der Waals surface area contributed by atoms with Crippen LogP contribution >= 0.6 is 0 Å². The van der Waals surface area contributed by atoms with Crippen LogP contribution in [0.4, 0.5) is 0 Å². The average Bonchev–Trinajstić information content (AvgIpc) is 3.40. The molecule has 130 valence electrons. The van der Waals surface area contributed by atoms with Crippen LogP contribution in [0.1, 0.15) is 38.1 Å². The largest absolute Gasteiger partial charge is 0.346 e. The molecular formula is C19H19N7. The lowest BCUT2D eigenvalue weighted by atomic mass is 9.84. The Labute approximate surface area is 150 Å². The molecule has 0 radical (unpaired) electrons. The summed E-state index contributed by atoms with van der Waals surface area (Å²) in [7, 11) is 0. The van der Waals surface area contributed by atoms with Crippen LogP contribution in [-0.4, -0.2) is 29.5 Å². The van der Waals surface area contributed by atoms with E-state index in [1.54, 1.807) is 6.20 Å². The van der Waals surface area contributed by atoms with Crippen molar-refractivity contribution in [2.24, 2.45) is 5.92 Å². The van der Waals surface area contributed by atoms with Gasteiger partial charge in [0.1, 0.15) is 11.2 Å². The Morgan fingerprint density at radius 3 is 2.81 bits per heavy atom. The summed E-state index contributed by atoms with van der Waals surface area (Å²) < 4.78 is 2.34. The molecular weight excluding hydrogens is 326 g/mol. The fraction of sp³-hybridized carbons (Fsp3) is 0.368. The van der Waals surface area contributed by atoms with E-state index in [1.807, 2.05) is 18.6 Å². The van der Waals surface area contributed by atoms with Crippen LogP contribution in [0.2, 0.25) is 0 Å². The molecule has 0 aromatic carbocycles. The van der Waals surface area contributed by atoms with Crippen molar-refractivity contribution in [1.29, 1.82) is 5.26 Å². The topological polar surface area (TPSA) is 99.0 Å². The first kappa shape index (κ1) is 15.1. The summed E-state index contributed by atoms with van der Waals surface area (Å²) >= 11 is 0. The van der Waals surface area contributed by atoms with E-state index < -0.39 is 0 Å². The van der Waals surface area contributed by atoms with Crippen LogP contribution in [0.5, 0.6) is 0 Å². The SMILES string of the molecule is N#CCC1CCC(n2c(-c3ncc[nH]3)nc3cnc4[nH]ccc4c32)CC1. The van der Waals surface area contributed by atoms with Gasteiger partial charge < -0.3 is 14.5 Å². The lowest BCUT2D eigenvalue weighted by Crippen LogP contribution is -2.19. The Morgan fingerprint density at radius 2 is 2.04 bits per heavy atom. The van der Waals surface area contributed by atoms with Crippen molar-refractivity contribution in [2.75, 3.05) is 0 Å². The van der Waals surface area contributed by atoms with Gasteiger partial charge in [-0.05, 0) is 37.7 Å². The van der Waals surface area contributed by atoms with Crippen molar-refractivity contribution in [3.63, 3.8) is 0 Å². The first-order chi connectivity index (χ1) is 12.8. The Balaban J connectivity index is 1.68. The number of pyridine rings is 1. The van der Waals surface area contributed by atoms with Gasteiger partial charge in [-0.1, -0.05) is 0 Å². The number of hydrogen-bond donors (Lipinski definition) is 2. The van der Waals surface area contributed by atoms with Crippen LogP contribution in [0, 0.1) is 17.2 Å². The van der Waals surface area contributed by atoms with E-state index in [2.05, 4.69) is 36.6 Å². The molecule has 0 atom stereocenters. The molecule has 1 aliphatic carbocycles. The maximum atomic E-state index is 8.99. The van der Waals surface area contributed by atoms with Crippen LogP contribution in [0.3, 0.4) is 0 Å². The van der Waals surface area contributed by atoms with E-state index in [0.29, 0.717) is 18.4 Å². The van der Waals surface area contributed by atoms with E-state index in [0.717, 1.165) is 59.4 Å². The van der Waals surface area contributed by atoms with Crippen molar-refractivity contribution in [1.82, 2.24) is 29.5 Å². The molecule has 5 rings (SSSR count). The quantitative estimate of drug-likeness (QED) is 0.587. The molecule has 2 N–H and O–H groups in total. The number of fused-ring (bicyclic) bond motifs is 3. The number of aromatic nitrogens is 6. The molecule has 7 nitrogen and oxygen atoms in total.